The number of piperazine rings is 1. The van der Waals surface area contributed by atoms with Gasteiger partial charge >= 0.3 is 27.9 Å². The third-order valence-corrected chi connectivity index (χ3v) is 6.32. The highest BCUT2D eigenvalue weighted by Gasteiger charge is 2.46. The first kappa shape index (κ1) is 27.0. The number of rotatable bonds is 4. The number of halogens is 10. The second-order valence-corrected chi connectivity index (χ2v) is 9.36. The van der Waals surface area contributed by atoms with Crippen LogP contribution >= 0.6 is 11.6 Å². The molecular formula is C18H14ClF9N4O2S. The molecule has 3 rings (SSSR count). The maximum absolute atomic E-state index is 13.1. The Hall–Kier alpha value is -2.62. The minimum absolute atomic E-state index is 0.00438. The number of benzene rings is 1. The lowest BCUT2D eigenvalue weighted by atomic mass is 10.1. The Morgan fingerprint density at radius 2 is 1.37 bits per heavy atom. The molecule has 1 aliphatic rings. The van der Waals surface area contributed by atoms with E-state index in [0.717, 1.165) is 10.8 Å². The van der Waals surface area contributed by atoms with Crippen LogP contribution in [0.3, 0.4) is 0 Å². The van der Waals surface area contributed by atoms with Gasteiger partial charge in [0.1, 0.15) is 5.82 Å². The lowest BCUT2D eigenvalue weighted by molar-refractivity contribution is -0.138. The first-order chi connectivity index (χ1) is 15.9. The zero-order valence-corrected chi connectivity index (χ0v) is 18.6. The normalized spacial score (nSPS) is 15.9. The van der Waals surface area contributed by atoms with Crippen molar-refractivity contribution in [3.8, 4) is 0 Å². The van der Waals surface area contributed by atoms with Gasteiger partial charge in [-0.15, -0.1) is 0 Å². The van der Waals surface area contributed by atoms with Gasteiger partial charge in [0, 0.05) is 32.4 Å². The zero-order valence-electron chi connectivity index (χ0n) is 17.1. The van der Waals surface area contributed by atoms with Crippen molar-refractivity contribution in [3.63, 3.8) is 0 Å². The molecule has 0 atom stereocenters. The second-order valence-electron chi connectivity index (χ2n) is 7.28. The molecule has 35 heavy (non-hydrogen) atoms. The van der Waals surface area contributed by atoms with Crippen LogP contribution in [0.2, 0.25) is 5.02 Å². The molecule has 2 aromatic rings. The van der Waals surface area contributed by atoms with E-state index in [2.05, 4.69) is 4.98 Å². The molecule has 1 aromatic carbocycles. The molecule has 0 saturated carbocycles. The van der Waals surface area contributed by atoms with Gasteiger partial charge in [0.05, 0.1) is 27.5 Å². The minimum atomic E-state index is -6.02. The van der Waals surface area contributed by atoms with Crippen molar-refractivity contribution in [2.45, 2.75) is 17.9 Å². The van der Waals surface area contributed by atoms with Crippen LogP contribution in [0.25, 0.3) is 0 Å². The molecule has 0 radical (unpaired) electrons. The summed E-state index contributed by atoms with van der Waals surface area (Å²) in [6.07, 6.45) is -9.05. The molecule has 1 saturated heterocycles. The minimum Gasteiger partial charge on any atom is -0.366 e. The number of nitrogens with one attached hydrogen (secondary N) is 1. The molecule has 1 fully saturated rings. The molecule has 1 aliphatic heterocycles. The third-order valence-electron chi connectivity index (χ3n) is 4.94. The van der Waals surface area contributed by atoms with E-state index in [1.54, 1.807) is 0 Å². The van der Waals surface area contributed by atoms with E-state index in [1.165, 1.54) is 9.80 Å². The fourth-order valence-electron chi connectivity index (χ4n) is 3.25. The predicted molar refractivity (Wildman–Crippen MR) is 109 cm³/mol. The molecule has 0 aliphatic carbocycles. The average molecular weight is 557 g/mol. The van der Waals surface area contributed by atoms with Crippen LogP contribution in [0.15, 0.2) is 30.5 Å². The van der Waals surface area contributed by atoms with Crippen molar-refractivity contribution in [2.75, 3.05) is 40.7 Å². The van der Waals surface area contributed by atoms with Crippen LogP contribution in [0.5, 0.6) is 0 Å². The number of alkyl halides is 9. The number of aromatic nitrogens is 1. The molecule has 1 aromatic heterocycles. The molecule has 194 valence electrons. The van der Waals surface area contributed by atoms with Gasteiger partial charge in [-0.25, -0.2) is 4.98 Å². The molecule has 17 heteroatoms. The number of nitrogens with zero attached hydrogens (tertiary/aromatic N) is 3. The van der Waals surface area contributed by atoms with Crippen LogP contribution in [-0.4, -0.2) is 45.1 Å². The molecule has 0 bridgehead atoms. The first-order valence-electron chi connectivity index (χ1n) is 9.43. The fourth-order valence-corrected chi connectivity index (χ4v) is 4.10. The standard InChI is InChI=1S/C18H14ClF9N4O2S/c19-12-7-11(17(23,24)25)9-29-15(12)32-5-3-31(4-6-32)14-2-1-10(16(20,21)22)8-13(14)30-35(33,34)18(26,27)28/h1-2,7-9,30H,3-6H2. The van der Waals surface area contributed by atoms with Crippen molar-refractivity contribution in [2.24, 2.45) is 0 Å². The van der Waals surface area contributed by atoms with Crippen LogP contribution in [0.1, 0.15) is 11.1 Å². The number of hydrogen-bond donors (Lipinski definition) is 1. The van der Waals surface area contributed by atoms with Gasteiger partial charge in [-0.2, -0.15) is 47.9 Å². The van der Waals surface area contributed by atoms with Crippen molar-refractivity contribution in [1.82, 2.24) is 4.98 Å². The third kappa shape index (κ3) is 5.97. The molecule has 1 N–H and O–H groups in total. The first-order valence-corrected chi connectivity index (χ1v) is 11.3. The van der Waals surface area contributed by atoms with E-state index in [4.69, 9.17) is 11.6 Å². The van der Waals surface area contributed by atoms with E-state index in [-0.39, 0.29) is 48.8 Å². The van der Waals surface area contributed by atoms with E-state index >= 15 is 0 Å². The number of anilines is 3. The van der Waals surface area contributed by atoms with Gasteiger partial charge in [0.25, 0.3) is 0 Å². The Bertz CT molecular complexity index is 1190. The van der Waals surface area contributed by atoms with Gasteiger partial charge in [-0.1, -0.05) is 11.6 Å². The van der Waals surface area contributed by atoms with Crippen LogP contribution in [0.4, 0.5) is 56.7 Å². The number of sulfonamides is 1. The lowest BCUT2D eigenvalue weighted by Crippen LogP contribution is -2.47. The summed E-state index contributed by atoms with van der Waals surface area (Å²) in [4.78, 5) is 6.51. The van der Waals surface area contributed by atoms with Gasteiger partial charge in [0.15, 0.2) is 0 Å². The summed E-state index contributed by atoms with van der Waals surface area (Å²) in [5.74, 6) is 0.00438. The van der Waals surface area contributed by atoms with Crippen LogP contribution in [-0.2, 0) is 22.4 Å². The highest BCUT2D eigenvalue weighted by atomic mass is 35.5. The molecule has 0 amide bonds. The Morgan fingerprint density at radius 3 is 1.86 bits per heavy atom. The van der Waals surface area contributed by atoms with Crippen molar-refractivity contribution in [3.05, 3.63) is 46.6 Å². The summed E-state index contributed by atoms with van der Waals surface area (Å²) in [5, 5.41) is -0.304. The summed E-state index contributed by atoms with van der Waals surface area (Å²) in [5.41, 5.74) is -9.41. The molecule has 2 heterocycles. The topological polar surface area (TPSA) is 65.5 Å². The maximum Gasteiger partial charge on any atom is 0.516 e. The Balaban J connectivity index is 1.86. The Kier molecular flexibility index (Phi) is 7.02. The lowest BCUT2D eigenvalue weighted by Gasteiger charge is -2.38. The quantitative estimate of drug-likeness (QED) is 0.514. The average Bonchev–Trinajstić information content (AvgIpc) is 2.71. The second kappa shape index (κ2) is 9.11. The molecule has 6 nitrogen and oxygen atoms in total. The fraction of sp³-hybridized carbons (Fsp3) is 0.389. The van der Waals surface area contributed by atoms with Crippen LogP contribution < -0.4 is 14.5 Å². The summed E-state index contributed by atoms with van der Waals surface area (Å²) in [6, 6.07) is 2.34. The monoisotopic (exact) mass is 556 g/mol. The van der Waals surface area contributed by atoms with Crippen molar-refractivity contribution in [1.29, 1.82) is 0 Å². The summed E-state index contributed by atoms with van der Waals surface area (Å²) < 4.78 is 140. The van der Waals surface area contributed by atoms with Gasteiger partial charge in [0.2, 0.25) is 0 Å². The molecule has 0 unspecified atom stereocenters. The van der Waals surface area contributed by atoms with E-state index < -0.39 is 44.7 Å². The predicted octanol–water partition coefficient (Wildman–Crippen LogP) is 5.36. The summed E-state index contributed by atoms with van der Waals surface area (Å²) in [7, 11) is -6.02. The van der Waals surface area contributed by atoms with E-state index in [9.17, 15) is 47.9 Å². The highest BCUT2D eigenvalue weighted by Crippen LogP contribution is 2.38. The van der Waals surface area contributed by atoms with Crippen LogP contribution in [0, 0.1) is 0 Å². The van der Waals surface area contributed by atoms with Gasteiger partial charge in [-0.05, 0) is 24.3 Å². The van der Waals surface area contributed by atoms with Gasteiger partial charge in [-0.3, -0.25) is 4.72 Å². The highest BCUT2D eigenvalue weighted by molar-refractivity contribution is 7.93. The van der Waals surface area contributed by atoms with Gasteiger partial charge < -0.3 is 9.80 Å². The number of pyridine rings is 1. The Morgan fingerprint density at radius 1 is 0.829 bits per heavy atom. The SMILES string of the molecule is O=S(=O)(Nc1cc(C(F)(F)F)ccc1N1CCN(c2ncc(C(F)(F)F)cc2Cl)CC1)C(F)(F)F. The van der Waals surface area contributed by atoms with E-state index in [1.807, 2.05) is 0 Å². The maximum atomic E-state index is 13.1. The molecular weight excluding hydrogens is 543 g/mol. The smallest absolute Gasteiger partial charge is 0.366 e. The summed E-state index contributed by atoms with van der Waals surface area (Å²) >= 11 is 5.92. The van der Waals surface area contributed by atoms with Crippen molar-refractivity contribution < 1.29 is 47.9 Å². The Labute approximate surface area is 197 Å². The van der Waals surface area contributed by atoms with E-state index in [0.29, 0.717) is 18.3 Å². The number of hydrogen-bond acceptors (Lipinski definition) is 5. The van der Waals surface area contributed by atoms with Crippen molar-refractivity contribution >= 4 is 38.8 Å². The zero-order chi connectivity index (χ0) is 26.4. The molecule has 0 spiro atoms. The largest absolute Gasteiger partial charge is 0.516 e. The summed E-state index contributed by atoms with van der Waals surface area (Å²) in [6.45, 7) is -0.0641.